The lowest BCUT2D eigenvalue weighted by atomic mass is 10.1. The van der Waals surface area contributed by atoms with Gasteiger partial charge in [0.2, 0.25) is 0 Å². The van der Waals surface area contributed by atoms with Gasteiger partial charge < -0.3 is 24.4 Å². The molecule has 0 unspecified atom stereocenters. The van der Waals surface area contributed by atoms with Gasteiger partial charge in [0.1, 0.15) is 0 Å². The van der Waals surface area contributed by atoms with Crippen molar-refractivity contribution in [1.29, 1.82) is 0 Å². The van der Waals surface area contributed by atoms with Crippen LogP contribution in [0, 0.1) is 18.8 Å². The zero-order valence-electron chi connectivity index (χ0n) is 14.2. The number of rotatable bonds is 0. The summed E-state index contributed by atoms with van der Waals surface area (Å²) in [6, 6.07) is 0. The maximum Gasteiger partial charge on any atom is 0.276 e. The molecule has 7 nitrogen and oxygen atoms in total. The van der Waals surface area contributed by atoms with Crippen LogP contribution < -0.4 is 5.43 Å². The first-order chi connectivity index (χ1) is 11.3. The van der Waals surface area contributed by atoms with E-state index in [4.69, 9.17) is 4.74 Å². The van der Waals surface area contributed by atoms with Crippen LogP contribution in [0.5, 0.6) is 11.5 Å². The quantitative estimate of drug-likeness (QED) is 0.698. The maximum atomic E-state index is 12.2. The summed E-state index contributed by atoms with van der Waals surface area (Å²) in [4.78, 5) is 25.1. The van der Waals surface area contributed by atoms with Crippen molar-refractivity contribution in [2.24, 2.45) is 5.92 Å². The van der Waals surface area contributed by atoms with Crippen LogP contribution in [-0.4, -0.2) is 45.0 Å². The number of hydrogen-bond donors (Lipinski definition) is 2. The molecule has 2 aliphatic heterocycles. The number of carbonyl (C=O) groups is 1. The molecule has 3 rings (SSSR count). The average molecular weight is 336 g/mol. The highest BCUT2D eigenvalue weighted by Gasteiger charge is 2.37. The number of amides is 1. The van der Waals surface area contributed by atoms with Crippen LogP contribution in [0.15, 0.2) is 11.0 Å². The molecule has 1 atom stereocenters. The normalized spacial score (nSPS) is 18.5. The molecule has 2 aliphatic rings. The Morgan fingerprint density at radius 2 is 1.83 bits per heavy atom. The Hall–Kier alpha value is -2.46. The Morgan fingerprint density at radius 1 is 1.25 bits per heavy atom. The Labute approximate surface area is 141 Å². The van der Waals surface area contributed by atoms with Crippen molar-refractivity contribution in [3.05, 3.63) is 22.1 Å². The minimum absolute atomic E-state index is 0.0837. The Kier molecular flexibility index (Phi) is 6.86. The van der Waals surface area contributed by atoms with E-state index in [2.05, 4.69) is 33.6 Å². The largest absolute Gasteiger partial charge is 0.503 e. The van der Waals surface area contributed by atoms with Gasteiger partial charge in [-0.05, 0) is 12.3 Å². The van der Waals surface area contributed by atoms with Crippen molar-refractivity contribution in [2.45, 2.75) is 40.0 Å². The van der Waals surface area contributed by atoms with E-state index in [0.29, 0.717) is 19.7 Å². The van der Waals surface area contributed by atoms with Gasteiger partial charge in [-0.25, -0.2) is 0 Å². The zero-order valence-corrected chi connectivity index (χ0v) is 14.2. The third-order valence-electron chi connectivity index (χ3n) is 3.25. The van der Waals surface area contributed by atoms with Crippen LogP contribution in [0.3, 0.4) is 0 Å². The van der Waals surface area contributed by atoms with E-state index in [9.17, 15) is 19.8 Å². The number of carbonyl (C=O) groups excluding carboxylic acids is 1. The van der Waals surface area contributed by atoms with Gasteiger partial charge in [-0.2, -0.15) is 0 Å². The van der Waals surface area contributed by atoms with Crippen molar-refractivity contribution in [3.8, 4) is 24.3 Å². The SMILES string of the molecule is C#C.CC(C)C.O=C1c2c(O)c(=O)c(O)cn2C[C@H]2OCCCN12. The summed E-state index contributed by atoms with van der Waals surface area (Å²) >= 11 is 0. The van der Waals surface area contributed by atoms with Crippen LogP contribution >= 0.6 is 0 Å². The standard InChI is InChI=1S/C11H12N2O5.C4H10.C2H2/c14-6-4-12-5-7-13(2-1-3-18-7)11(17)8(12)10(16)9(6)15;1-4(2)3;1-2/h4,7,14,16H,1-3,5H2;4H,1-3H3;1-2H/t7-;;/m1../s1. The third kappa shape index (κ3) is 4.09. The van der Waals surface area contributed by atoms with Gasteiger partial charge in [0.15, 0.2) is 23.4 Å². The first kappa shape index (κ1) is 19.6. The molecule has 24 heavy (non-hydrogen) atoms. The fraction of sp³-hybridized carbons (Fsp3) is 0.529. The maximum absolute atomic E-state index is 12.2. The van der Waals surface area contributed by atoms with Gasteiger partial charge in [-0.15, -0.1) is 12.8 Å². The van der Waals surface area contributed by atoms with Crippen molar-refractivity contribution in [3.63, 3.8) is 0 Å². The molecule has 0 spiro atoms. The molecule has 1 saturated heterocycles. The van der Waals surface area contributed by atoms with Gasteiger partial charge in [0.05, 0.1) is 19.3 Å². The average Bonchev–Trinajstić information content (AvgIpc) is 2.54. The Bertz CT molecular complexity index is 660. The molecule has 0 aliphatic carbocycles. The second-order valence-electron chi connectivity index (χ2n) is 6.10. The van der Waals surface area contributed by atoms with Gasteiger partial charge in [0.25, 0.3) is 11.3 Å². The molecule has 3 heterocycles. The molecule has 1 aromatic rings. The zero-order chi connectivity index (χ0) is 18.4. The predicted octanol–water partition coefficient (Wildman–Crippen LogP) is 1.37. The summed E-state index contributed by atoms with van der Waals surface area (Å²) in [5.74, 6) is -0.891. The minimum Gasteiger partial charge on any atom is -0.503 e. The lowest BCUT2D eigenvalue weighted by molar-refractivity contribution is -0.0920. The molecule has 132 valence electrons. The van der Waals surface area contributed by atoms with E-state index in [0.717, 1.165) is 18.5 Å². The minimum atomic E-state index is -0.925. The highest BCUT2D eigenvalue weighted by molar-refractivity contribution is 5.96. The first-order valence-corrected chi connectivity index (χ1v) is 7.74. The Balaban J connectivity index is 0.000000423. The fourth-order valence-electron chi connectivity index (χ4n) is 2.38. The summed E-state index contributed by atoms with van der Waals surface area (Å²) in [6.07, 6.45) is 9.48. The van der Waals surface area contributed by atoms with Crippen molar-refractivity contribution in [2.75, 3.05) is 13.2 Å². The molecule has 7 heteroatoms. The van der Waals surface area contributed by atoms with E-state index in [1.165, 1.54) is 9.47 Å². The first-order valence-electron chi connectivity index (χ1n) is 7.74. The smallest absolute Gasteiger partial charge is 0.276 e. The van der Waals surface area contributed by atoms with Crippen LogP contribution in [0.4, 0.5) is 0 Å². The molecular formula is C17H24N2O5. The van der Waals surface area contributed by atoms with E-state index < -0.39 is 29.1 Å². The number of fused-ring (bicyclic) bond motifs is 2. The van der Waals surface area contributed by atoms with Crippen molar-refractivity contribution in [1.82, 2.24) is 9.47 Å². The monoisotopic (exact) mass is 336 g/mol. The van der Waals surface area contributed by atoms with Crippen molar-refractivity contribution < 1.29 is 19.7 Å². The number of ether oxygens (including phenoxy) is 1. The number of aromatic hydroxyl groups is 2. The lowest BCUT2D eigenvalue weighted by Gasteiger charge is -2.40. The van der Waals surface area contributed by atoms with Gasteiger partial charge in [-0.3, -0.25) is 9.59 Å². The van der Waals surface area contributed by atoms with Crippen molar-refractivity contribution >= 4 is 5.91 Å². The number of terminal acetylenes is 1. The number of aromatic nitrogens is 1. The number of nitrogens with zero attached hydrogens (tertiary/aromatic N) is 2. The molecule has 1 fully saturated rings. The highest BCUT2D eigenvalue weighted by atomic mass is 16.5. The second-order valence-corrected chi connectivity index (χ2v) is 6.10. The lowest BCUT2D eigenvalue weighted by Crippen LogP contribution is -2.53. The van der Waals surface area contributed by atoms with Gasteiger partial charge in [-0.1, -0.05) is 20.8 Å². The van der Waals surface area contributed by atoms with E-state index in [1.54, 1.807) is 0 Å². The molecule has 0 bridgehead atoms. The highest BCUT2D eigenvalue weighted by Crippen LogP contribution is 2.27. The van der Waals surface area contributed by atoms with Crippen LogP contribution in [-0.2, 0) is 11.3 Å². The third-order valence-corrected chi connectivity index (χ3v) is 3.25. The summed E-state index contributed by atoms with van der Waals surface area (Å²) < 4.78 is 6.82. The number of pyridine rings is 1. The summed E-state index contributed by atoms with van der Waals surface area (Å²) in [5.41, 5.74) is -1.01. The topological polar surface area (TPSA) is 92.0 Å². The van der Waals surface area contributed by atoms with Crippen LogP contribution in [0.1, 0.15) is 37.7 Å². The fourth-order valence-corrected chi connectivity index (χ4v) is 2.38. The van der Waals surface area contributed by atoms with Crippen LogP contribution in [0.25, 0.3) is 0 Å². The van der Waals surface area contributed by atoms with Gasteiger partial charge in [0, 0.05) is 6.54 Å². The molecule has 0 aromatic carbocycles. The molecular weight excluding hydrogens is 312 g/mol. The second kappa shape index (κ2) is 8.41. The summed E-state index contributed by atoms with van der Waals surface area (Å²) in [7, 11) is 0. The predicted molar refractivity (Wildman–Crippen MR) is 89.8 cm³/mol. The molecule has 2 N–H and O–H groups in total. The summed E-state index contributed by atoms with van der Waals surface area (Å²) in [6.45, 7) is 7.91. The molecule has 1 amide bonds. The van der Waals surface area contributed by atoms with Gasteiger partial charge >= 0.3 is 0 Å². The molecule has 0 radical (unpaired) electrons. The van der Waals surface area contributed by atoms with Crippen LogP contribution in [0.2, 0.25) is 0 Å². The van der Waals surface area contributed by atoms with E-state index in [1.807, 2.05) is 0 Å². The summed E-state index contributed by atoms with van der Waals surface area (Å²) in [5, 5.41) is 19.1. The van der Waals surface area contributed by atoms with E-state index in [-0.39, 0.29) is 5.69 Å². The Morgan fingerprint density at radius 3 is 2.42 bits per heavy atom. The molecule has 1 aromatic heterocycles. The number of hydrogen-bond acceptors (Lipinski definition) is 5. The molecule has 0 saturated carbocycles. The van der Waals surface area contributed by atoms with E-state index >= 15 is 0 Å².